The van der Waals surface area contributed by atoms with Crippen LogP contribution < -0.4 is 11.1 Å². The molecule has 1 heterocycles. The molecule has 2 rings (SSSR count). The number of aromatic nitrogens is 1. The van der Waals surface area contributed by atoms with Gasteiger partial charge in [0.1, 0.15) is 5.82 Å². The summed E-state index contributed by atoms with van der Waals surface area (Å²) in [6.07, 6.45) is 5.67. The van der Waals surface area contributed by atoms with Crippen LogP contribution >= 0.6 is 0 Å². The van der Waals surface area contributed by atoms with Crippen LogP contribution in [-0.2, 0) is 0 Å². The SMILES string of the molecule is Nc1ccnc(NCC2CCC(O)CC2)c1. The molecule has 0 bridgehead atoms. The third-order valence-corrected chi connectivity index (χ3v) is 3.17. The molecule has 4 nitrogen and oxygen atoms in total. The summed E-state index contributed by atoms with van der Waals surface area (Å²) in [7, 11) is 0. The van der Waals surface area contributed by atoms with Crippen LogP contribution in [0.3, 0.4) is 0 Å². The van der Waals surface area contributed by atoms with E-state index in [1.54, 1.807) is 12.3 Å². The predicted octanol–water partition coefficient (Wildman–Crippen LogP) is 1.63. The number of hydrogen-bond acceptors (Lipinski definition) is 4. The summed E-state index contributed by atoms with van der Waals surface area (Å²) in [5, 5.41) is 12.7. The molecule has 0 unspecified atom stereocenters. The predicted molar refractivity (Wildman–Crippen MR) is 65.1 cm³/mol. The highest BCUT2D eigenvalue weighted by atomic mass is 16.3. The average molecular weight is 221 g/mol. The first-order valence-electron chi connectivity index (χ1n) is 5.87. The van der Waals surface area contributed by atoms with Crippen molar-refractivity contribution in [3.8, 4) is 0 Å². The number of hydrogen-bond donors (Lipinski definition) is 3. The maximum absolute atomic E-state index is 9.40. The van der Waals surface area contributed by atoms with Crippen molar-refractivity contribution in [1.29, 1.82) is 0 Å². The minimum absolute atomic E-state index is 0.0817. The summed E-state index contributed by atoms with van der Waals surface area (Å²) in [6, 6.07) is 3.62. The molecular formula is C12H19N3O. The van der Waals surface area contributed by atoms with E-state index >= 15 is 0 Å². The third-order valence-electron chi connectivity index (χ3n) is 3.17. The van der Waals surface area contributed by atoms with E-state index in [2.05, 4.69) is 10.3 Å². The molecule has 0 amide bonds. The van der Waals surface area contributed by atoms with Gasteiger partial charge in [-0.25, -0.2) is 4.98 Å². The number of pyridine rings is 1. The molecule has 0 spiro atoms. The number of aliphatic hydroxyl groups is 1. The lowest BCUT2D eigenvalue weighted by Crippen LogP contribution is -2.23. The molecule has 1 aromatic rings. The van der Waals surface area contributed by atoms with Crippen molar-refractivity contribution in [2.75, 3.05) is 17.6 Å². The van der Waals surface area contributed by atoms with Crippen molar-refractivity contribution in [3.63, 3.8) is 0 Å². The Morgan fingerprint density at radius 3 is 2.81 bits per heavy atom. The van der Waals surface area contributed by atoms with Gasteiger partial charge in [0, 0.05) is 24.5 Å². The molecule has 0 saturated heterocycles. The van der Waals surface area contributed by atoms with Crippen molar-refractivity contribution in [1.82, 2.24) is 4.98 Å². The number of nitrogens with zero attached hydrogens (tertiary/aromatic N) is 1. The standard InChI is InChI=1S/C12H19N3O/c13-10-5-6-14-12(7-10)15-8-9-1-3-11(16)4-2-9/h5-7,9,11,16H,1-4,8H2,(H3,13,14,15). The van der Waals surface area contributed by atoms with E-state index < -0.39 is 0 Å². The normalized spacial score (nSPS) is 25.3. The van der Waals surface area contributed by atoms with Gasteiger partial charge in [-0.05, 0) is 37.7 Å². The molecule has 4 heteroatoms. The Bertz CT molecular complexity index is 335. The van der Waals surface area contributed by atoms with E-state index in [1.807, 2.05) is 6.07 Å². The second kappa shape index (κ2) is 5.16. The van der Waals surface area contributed by atoms with Crippen LogP contribution in [0.2, 0.25) is 0 Å². The molecule has 0 radical (unpaired) electrons. The zero-order chi connectivity index (χ0) is 11.4. The first-order valence-corrected chi connectivity index (χ1v) is 5.87. The van der Waals surface area contributed by atoms with Crippen molar-refractivity contribution in [3.05, 3.63) is 18.3 Å². The Morgan fingerprint density at radius 1 is 1.38 bits per heavy atom. The Morgan fingerprint density at radius 2 is 2.12 bits per heavy atom. The molecule has 0 atom stereocenters. The molecule has 4 N–H and O–H groups in total. The quantitative estimate of drug-likeness (QED) is 0.725. The Hall–Kier alpha value is -1.29. The molecular weight excluding hydrogens is 202 g/mol. The summed E-state index contributed by atoms with van der Waals surface area (Å²) in [5.74, 6) is 1.48. The molecule has 16 heavy (non-hydrogen) atoms. The van der Waals surface area contributed by atoms with Gasteiger partial charge in [-0.15, -0.1) is 0 Å². The van der Waals surface area contributed by atoms with Crippen molar-refractivity contribution in [2.45, 2.75) is 31.8 Å². The van der Waals surface area contributed by atoms with Gasteiger partial charge in [0.2, 0.25) is 0 Å². The molecule has 1 aliphatic rings. The van der Waals surface area contributed by atoms with Crippen LogP contribution in [0.4, 0.5) is 11.5 Å². The third kappa shape index (κ3) is 3.10. The van der Waals surface area contributed by atoms with Crippen molar-refractivity contribution >= 4 is 11.5 Å². The maximum atomic E-state index is 9.40. The number of anilines is 2. The van der Waals surface area contributed by atoms with Gasteiger partial charge in [0.15, 0.2) is 0 Å². The maximum Gasteiger partial charge on any atom is 0.127 e. The lowest BCUT2D eigenvalue weighted by Gasteiger charge is -2.25. The van der Waals surface area contributed by atoms with Gasteiger partial charge < -0.3 is 16.2 Å². The second-order valence-corrected chi connectivity index (χ2v) is 4.53. The molecule has 1 fully saturated rings. The fourth-order valence-electron chi connectivity index (χ4n) is 2.14. The summed E-state index contributed by atoms with van der Waals surface area (Å²) in [5.41, 5.74) is 6.41. The fourth-order valence-corrected chi connectivity index (χ4v) is 2.14. The van der Waals surface area contributed by atoms with E-state index in [1.165, 1.54) is 0 Å². The zero-order valence-corrected chi connectivity index (χ0v) is 9.39. The van der Waals surface area contributed by atoms with E-state index in [-0.39, 0.29) is 6.10 Å². The number of nitrogens with one attached hydrogen (secondary N) is 1. The van der Waals surface area contributed by atoms with Crippen LogP contribution in [0.15, 0.2) is 18.3 Å². The van der Waals surface area contributed by atoms with E-state index in [4.69, 9.17) is 5.73 Å². The topological polar surface area (TPSA) is 71.2 Å². The Balaban J connectivity index is 1.79. The first kappa shape index (κ1) is 11.2. The summed E-state index contributed by atoms with van der Waals surface area (Å²) < 4.78 is 0. The fraction of sp³-hybridized carbons (Fsp3) is 0.583. The van der Waals surface area contributed by atoms with Crippen LogP contribution in [0.1, 0.15) is 25.7 Å². The van der Waals surface area contributed by atoms with Gasteiger partial charge in [-0.3, -0.25) is 0 Å². The smallest absolute Gasteiger partial charge is 0.127 e. The highest BCUT2D eigenvalue weighted by Crippen LogP contribution is 2.24. The lowest BCUT2D eigenvalue weighted by atomic mass is 9.87. The van der Waals surface area contributed by atoms with E-state index in [0.29, 0.717) is 5.92 Å². The highest BCUT2D eigenvalue weighted by molar-refractivity contribution is 5.48. The van der Waals surface area contributed by atoms with Gasteiger partial charge >= 0.3 is 0 Å². The number of nitrogen functional groups attached to an aromatic ring is 1. The monoisotopic (exact) mass is 221 g/mol. The van der Waals surface area contributed by atoms with E-state index in [0.717, 1.165) is 43.7 Å². The van der Waals surface area contributed by atoms with Gasteiger partial charge in [-0.1, -0.05) is 0 Å². The molecule has 88 valence electrons. The highest BCUT2D eigenvalue weighted by Gasteiger charge is 2.18. The second-order valence-electron chi connectivity index (χ2n) is 4.53. The Labute approximate surface area is 95.9 Å². The van der Waals surface area contributed by atoms with E-state index in [9.17, 15) is 5.11 Å². The number of rotatable bonds is 3. The summed E-state index contributed by atoms with van der Waals surface area (Å²) in [4.78, 5) is 4.20. The lowest BCUT2D eigenvalue weighted by molar-refractivity contribution is 0.111. The van der Waals surface area contributed by atoms with Crippen molar-refractivity contribution in [2.24, 2.45) is 5.92 Å². The first-order chi connectivity index (χ1) is 7.74. The Kier molecular flexibility index (Phi) is 3.62. The summed E-state index contributed by atoms with van der Waals surface area (Å²) in [6.45, 7) is 0.920. The molecule has 1 aliphatic carbocycles. The molecule has 0 aliphatic heterocycles. The molecule has 0 aromatic carbocycles. The minimum Gasteiger partial charge on any atom is -0.399 e. The number of aliphatic hydroxyl groups excluding tert-OH is 1. The zero-order valence-electron chi connectivity index (χ0n) is 9.39. The molecule has 1 saturated carbocycles. The largest absolute Gasteiger partial charge is 0.399 e. The van der Waals surface area contributed by atoms with Crippen molar-refractivity contribution < 1.29 is 5.11 Å². The van der Waals surface area contributed by atoms with Gasteiger partial charge in [0.05, 0.1) is 6.10 Å². The van der Waals surface area contributed by atoms with Gasteiger partial charge in [-0.2, -0.15) is 0 Å². The molecule has 1 aromatic heterocycles. The summed E-state index contributed by atoms with van der Waals surface area (Å²) >= 11 is 0. The minimum atomic E-state index is -0.0817. The average Bonchev–Trinajstić information content (AvgIpc) is 2.28. The van der Waals surface area contributed by atoms with Crippen LogP contribution in [0.25, 0.3) is 0 Å². The van der Waals surface area contributed by atoms with Gasteiger partial charge in [0.25, 0.3) is 0 Å². The number of nitrogens with two attached hydrogens (primary N) is 1. The van der Waals surface area contributed by atoms with Crippen LogP contribution in [0, 0.1) is 5.92 Å². The van der Waals surface area contributed by atoms with Crippen LogP contribution in [0.5, 0.6) is 0 Å². The van der Waals surface area contributed by atoms with Crippen LogP contribution in [-0.4, -0.2) is 22.7 Å².